The Morgan fingerprint density at radius 2 is 1.88 bits per heavy atom. The number of hydrogen-bond donors (Lipinski definition) is 2. The number of phenolic OH excluding ortho intramolecular Hbond substituents is 1. The van der Waals surface area contributed by atoms with Crippen LogP contribution < -0.4 is 14.8 Å². The van der Waals surface area contributed by atoms with Gasteiger partial charge >= 0.3 is 5.97 Å². The minimum absolute atomic E-state index is 0.0636. The van der Waals surface area contributed by atoms with Gasteiger partial charge in [-0.1, -0.05) is 18.2 Å². The molecule has 0 saturated carbocycles. The number of phenols is 1. The van der Waals surface area contributed by atoms with Crippen LogP contribution in [0.1, 0.15) is 22.8 Å². The van der Waals surface area contributed by atoms with Crippen molar-refractivity contribution in [3.8, 4) is 34.4 Å². The van der Waals surface area contributed by atoms with E-state index in [4.69, 9.17) is 14.2 Å². The second-order valence-corrected chi connectivity index (χ2v) is 7.74. The highest BCUT2D eigenvalue weighted by atomic mass is 32.1. The summed E-state index contributed by atoms with van der Waals surface area (Å²) in [5, 5.41) is 24.0. The molecular weight excluding hydrogens is 456 g/mol. The Morgan fingerprint density at radius 1 is 1.15 bits per heavy atom. The number of anilines is 1. The molecule has 0 saturated heterocycles. The Hall–Kier alpha value is -4.29. The molecule has 8 nitrogen and oxygen atoms in total. The maximum Gasteiger partial charge on any atom is 0.341 e. The molecule has 2 aromatic carbocycles. The Kier molecular flexibility index (Phi) is 7.90. The van der Waals surface area contributed by atoms with Crippen LogP contribution in [0, 0.1) is 11.3 Å². The molecule has 3 rings (SSSR count). The molecule has 3 aromatic rings. The number of methoxy groups -OCH3 is 2. The third-order valence-corrected chi connectivity index (χ3v) is 5.67. The minimum atomic E-state index is -0.691. The van der Waals surface area contributed by atoms with Crippen molar-refractivity contribution < 1.29 is 28.9 Å². The highest BCUT2D eigenvalue weighted by Crippen LogP contribution is 2.37. The van der Waals surface area contributed by atoms with Gasteiger partial charge in [0.2, 0.25) is 0 Å². The van der Waals surface area contributed by atoms with E-state index in [0.717, 1.165) is 16.9 Å². The van der Waals surface area contributed by atoms with E-state index >= 15 is 0 Å². The first-order valence-corrected chi connectivity index (χ1v) is 11.0. The second-order valence-electron chi connectivity index (χ2n) is 6.86. The Balaban J connectivity index is 1.95. The first-order valence-electron chi connectivity index (χ1n) is 10.1. The van der Waals surface area contributed by atoms with Crippen LogP contribution in [0.4, 0.5) is 5.00 Å². The van der Waals surface area contributed by atoms with Crippen LogP contribution in [0.15, 0.2) is 53.4 Å². The van der Waals surface area contributed by atoms with Crippen molar-refractivity contribution in [1.29, 1.82) is 5.26 Å². The highest BCUT2D eigenvalue weighted by Gasteiger charge is 2.24. The molecule has 9 heteroatoms. The number of nitrogens with zero attached hydrogens (tertiary/aromatic N) is 1. The lowest BCUT2D eigenvalue weighted by molar-refractivity contribution is -0.112. The van der Waals surface area contributed by atoms with Crippen molar-refractivity contribution in [1.82, 2.24) is 0 Å². The monoisotopic (exact) mass is 478 g/mol. The fourth-order valence-corrected chi connectivity index (χ4v) is 4.06. The van der Waals surface area contributed by atoms with Crippen molar-refractivity contribution in [2.24, 2.45) is 0 Å². The largest absolute Gasteiger partial charge is 0.504 e. The topological polar surface area (TPSA) is 118 Å². The summed E-state index contributed by atoms with van der Waals surface area (Å²) in [6.07, 6.45) is 1.36. The van der Waals surface area contributed by atoms with E-state index in [1.807, 2.05) is 6.07 Å². The molecule has 1 aromatic heterocycles. The molecule has 0 aliphatic carbocycles. The van der Waals surface area contributed by atoms with E-state index in [2.05, 4.69) is 5.32 Å². The molecule has 34 heavy (non-hydrogen) atoms. The Morgan fingerprint density at radius 3 is 2.50 bits per heavy atom. The Labute approximate surface area is 200 Å². The molecule has 0 aliphatic heterocycles. The number of nitriles is 1. The molecule has 174 valence electrons. The second kappa shape index (κ2) is 11.0. The quantitative estimate of drug-likeness (QED) is 0.270. The number of nitrogens with one attached hydrogen (secondary N) is 1. The van der Waals surface area contributed by atoms with E-state index < -0.39 is 11.9 Å². The third kappa shape index (κ3) is 5.36. The van der Waals surface area contributed by atoms with Crippen LogP contribution in [0.2, 0.25) is 0 Å². The number of carbonyl (C=O) groups excluding carboxylic acids is 2. The molecule has 1 amide bonds. The number of thiophene rings is 1. The number of hydrogen-bond acceptors (Lipinski definition) is 8. The maximum absolute atomic E-state index is 12.9. The van der Waals surface area contributed by atoms with E-state index in [0.29, 0.717) is 16.9 Å². The van der Waals surface area contributed by atoms with Gasteiger partial charge in [-0.25, -0.2) is 4.79 Å². The number of aromatic hydroxyl groups is 1. The van der Waals surface area contributed by atoms with Crippen molar-refractivity contribution in [3.63, 3.8) is 0 Å². The van der Waals surface area contributed by atoms with Gasteiger partial charge in [-0.3, -0.25) is 4.79 Å². The molecule has 0 fully saturated rings. The molecule has 0 atom stereocenters. The fraction of sp³-hybridized carbons (Fsp3) is 0.160. The summed E-state index contributed by atoms with van der Waals surface area (Å²) in [7, 11) is 2.96. The van der Waals surface area contributed by atoms with Gasteiger partial charge in [0, 0.05) is 10.9 Å². The van der Waals surface area contributed by atoms with E-state index in [1.54, 1.807) is 49.7 Å². The molecule has 2 N–H and O–H groups in total. The first-order chi connectivity index (χ1) is 16.4. The van der Waals surface area contributed by atoms with Gasteiger partial charge in [0.25, 0.3) is 5.91 Å². The van der Waals surface area contributed by atoms with Gasteiger partial charge in [0.15, 0.2) is 11.5 Å². The summed E-state index contributed by atoms with van der Waals surface area (Å²) < 4.78 is 15.5. The standard InChI is InChI=1S/C25H22N2O6S/c1-4-33-25(30)22-19(16-6-8-18(31-2)9-7-16)14-34-24(22)27-23(29)17(13-26)11-15-5-10-20(28)21(12-15)32-3/h5-12,14,28H,4H2,1-3H3,(H,27,29)/b17-11-. The number of amides is 1. The molecule has 1 heterocycles. The molecule has 0 aliphatic rings. The fourth-order valence-electron chi connectivity index (χ4n) is 3.11. The molecule has 0 radical (unpaired) electrons. The van der Waals surface area contributed by atoms with Crippen molar-refractivity contribution in [3.05, 3.63) is 64.5 Å². The van der Waals surface area contributed by atoms with Crippen LogP contribution in [-0.4, -0.2) is 37.8 Å². The maximum atomic E-state index is 12.9. The smallest absolute Gasteiger partial charge is 0.341 e. The zero-order chi connectivity index (χ0) is 24.7. The SMILES string of the molecule is CCOC(=O)c1c(-c2ccc(OC)cc2)csc1NC(=O)/C(C#N)=C\c1ccc(O)c(OC)c1. The van der Waals surface area contributed by atoms with Crippen LogP contribution >= 0.6 is 11.3 Å². The van der Waals surface area contributed by atoms with Crippen molar-refractivity contribution >= 4 is 34.3 Å². The molecular formula is C25H22N2O6S. The predicted octanol–water partition coefficient (Wildman–Crippen LogP) is 4.86. The van der Waals surface area contributed by atoms with Gasteiger partial charge in [-0.05, 0) is 48.4 Å². The lowest BCUT2D eigenvalue weighted by Crippen LogP contribution is -2.16. The predicted molar refractivity (Wildman–Crippen MR) is 129 cm³/mol. The third-order valence-electron chi connectivity index (χ3n) is 4.78. The van der Waals surface area contributed by atoms with Gasteiger partial charge in [-0.15, -0.1) is 11.3 Å². The Bertz CT molecular complexity index is 1270. The number of benzene rings is 2. The van der Waals surface area contributed by atoms with Gasteiger partial charge in [-0.2, -0.15) is 5.26 Å². The van der Waals surface area contributed by atoms with Crippen LogP contribution in [0.25, 0.3) is 17.2 Å². The van der Waals surface area contributed by atoms with Crippen LogP contribution in [-0.2, 0) is 9.53 Å². The average Bonchev–Trinajstić information content (AvgIpc) is 3.27. The van der Waals surface area contributed by atoms with Gasteiger partial charge in [0.05, 0.1) is 20.8 Å². The van der Waals surface area contributed by atoms with Crippen molar-refractivity contribution in [2.75, 3.05) is 26.1 Å². The summed E-state index contributed by atoms with van der Waals surface area (Å²) in [6.45, 7) is 1.86. The van der Waals surface area contributed by atoms with Crippen LogP contribution in [0.5, 0.6) is 17.2 Å². The molecule has 0 bridgehead atoms. The van der Waals surface area contributed by atoms with Gasteiger partial charge < -0.3 is 24.6 Å². The average molecular weight is 479 g/mol. The highest BCUT2D eigenvalue weighted by molar-refractivity contribution is 7.15. The zero-order valence-corrected chi connectivity index (χ0v) is 19.6. The summed E-state index contributed by atoms with van der Waals surface area (Å²) in [5.41, 5.74) is 1.83. The first kappa shape index (κ1) is 24.4. The lowest BCUT2D eigenvalue weighted by Gasteiger charge is -2.09. The number of esters is 1. The number of carbonyl (C=O) groups is 2. The minimum Gasteiger partial charge on any atom is -0.504 e. The number of ether oxygens (including phenoxy) is 3. The summed E-state index contributed by atoms with van der Waals surface area (Å²) in [5.74, 6) is -0.469. The normalized spacial score (nSPS) is 10.8. The summed E-state index contributed by atoms with van der Waals surface area (Å²) in [4.78, 5) is 25.6. The molecule has 0 spiro atoms. The van der Waals surface area contributed by atoms with Gasteiger partial charge in [0.1, 0.15) is 28.0 Å². The zero-order valence-electron chi connectivity index (χ0n) is 18.7. The number of rotatable bonds is 8. The molecule has 0 unspecified atom stereocenters. The lowest BCUT2D eigenvalue weighted by atomic mass is 10.0. The van der Waals surface area contributed by atoms with E-state index in [1.165, 1.54) is 25.3 Å². The van der Waals surface area contributed by atoms with E-state index in [9.17, 15) is 20.0 Å². The van der Waals surface area contributed by atoms with Crippen LogP contribution in [0.3, 0.4) is 0 Å². The van der Waals surface area contributed by atoms with Crippen molar-refractivity contribution in [2.45, 2.75) is 6.92 Å². The summed E-state index contributed by atoms with van der Waals surface area (Å²) in [6, 6.07) is 13.4. The van der Waals surface area contributed by atoms with E-state index in [-0.39, 0.29) is 34.2 Å². The summed E-state index contributed by atoms with van der Waals surface area (Å²) >= 11 is 1.15.